The lowest BCUT2D eigenvalue weighted by Crippen LogP contribution is -2.51. The zero-order valence-corrected chi connectivity index (χ0v) is 15.0. The first-order valence-corrected chi connectivity index (χ1v) is 8.55. The quantitative estimate of drug-likeness (QED) is 0.774. The summed E-state index contributed by atoms with van der Waals surface area (Å²) in [6, 6.07) is 4.68. The van der Waals surface area contributed by atoms with Crippen molar-refractivity contribution in [2.75, 3.05) is 0 Å². The molecule has 1 aromatic heterocycles. The highest BCUT2D eigenvalue weighted by atomic mass is 19.4. The first-order chi connectivity index (χ1) is 13.1. The second-order valence-corrected chi connectivity index (χ2v) is 6.54. The summed E-state index contributed by atoms with van der Waals surface area (Å²) in [6.07, 6.45) is -3.62. The maximum Gasteiger partial charge on any atom is 0.573 e. The van der Waals surface area contributed by atoms with Gasteiger partial charge in [-0.2, -0.15) is 0 Å². The third-order valence-corrected chi connectivity index (χ3v) is 4.41. The van der Waals surface area contributed by atoms with Crippen LogP contribution in [0.25, 0.3) is 0 Å². The van der Waals surface area contributed by atoms with Crippen LogP contribution in [0.3, 0.4) is 0 Å². The van der Waals surface area contributed by atoms with Crippen molar-refractivity contribution >= 4 is 5.91 Å². The molecule has 28 heavy (non-hydrogen) atoms. The average Bonchev–Trinajstić information content (AvgIpc) is 2.61. The number of aromatic nitrogens is 2. The van der Waals surface area contributed by atoms with E-state index < -0.39 is 23.8 Å². The Hall–Kier alpha value is -2.75. The number of amides is 1. The molecule has 6 nitrogen and oxygen atoms in total. The summed E-state index contributed by atoms with van der Waals surface area (Å²) in [5.74, 6) is -2.52. The standard InChI is InChI=1S/C18H18F4N4O2/c1-9(11-3-4-16(12(19)5-11)28-18(20,21)22)13-6-14(24-8-23-13)15-7-17(27)26-10(2)25-15/h3-6,8-10,15,25H,7H2,1-2H3,(H,26,27). The molecule has 0 aliphatic carbocycles. The monoisotopic (exact) mass is 398 g/mol. The van der Waals surface area contributed by atoms with Crippen molar-refractivity contribution in [2.24, 2.45) is 0 Å². The SMILES string of the molecule is CC1NC(=O)CC(c2cc(C(C)c3ccc(OC(F)(F)F)c(F)c3)ncn2)N1. The Morgan fingerprint density at radius 2 is 2.00 bits per heavy atom. The number of carbonyl (C=O) groups is 1. The number of rotatable bonds is 4. The smallest absolute Gasteiger partial charge is 0.403 e. The Bertz CT molecular complexity index is 875. The Labute approximate surface area is 158 Å². The third-order valence-electron chi connectivity index (χ3n) is 4.41. The van der Waals surface area contributed by atoms with E-state index in [0.29, 0.717) is 17.0 Å². The highest BCUT2D eigenvalue weighted by molar-refractivity contribution is 5.77. The second kappa shape index (κ2) is 7.70. The number of ether oxygens (including phenoxy) is 1. The lowest BCUT2D eigenvalue weighted by molar-refractivity contribution is -0.275. The summed E-state index contributed by atoms with van der Waals surface area (Å²) in [5, 5.41) is 5.94. The molecule has 2 aromatic rings. The van der Waals surface area contributed by atoms with E-state index in [1.807, 2.05) is 6.92 Å². The lowest BCUT2D eigenvalue weighted by Gasteiger charge is -2.29. The van der Waals surface area contributed by atoms with E-state index >= 15 is 0 Å². The maximum atomic E-state index is 14.0. The summed E-state index contributed by atoms with van der Waals surface area (Å²) in [4.78, 5) is 20.1. The van der Waals surface area contributed by atoms with Crippen LogP contribution >= 0.6 is 0 Å². The number of halogens is 4. The zero-order chi connectivity index (χ0) is 20.5. The van der Waals surface area contributed by atoms with Crippen LogP contribution in [-0.2, 0) is 4.79 Å². The van der Waals surface area contributed by atoms with Gasteiger partial charge in [-0.15, -0.1) is 13.2 Å². The number of carbonyl (C=O) groups excluding carboxylic acids is 1. The lowest BCUT2D eigenvalue weighted by atomic mass is 9.95. The molecule has 1 saturated heterocycles. The zero-order valence-electron chi connectivity index (χ0n) is 15.0. The number of hydrogen-bond acceptors (Lipinski definition) is 5. The van der Waals surface area contributed by atoms with Crippen molar-refractivity contribution in [3.8, 4) is 5.75 Å². The highest BCUT2D eigenvalue weighted by Crippen LogP contribution is 2.31. The molecule has 1 amide bonds. The average molecular weight is 398 g/mol. The van der Waals surface area contributed by atoms with Gasteiger partial charge in [-0.1, -0.05) is 13.0 Å². The summed E-state index contributed by atoms with van der Waals surface area (Å²) in [6.45, 7) is 3.55. The molecule has 1 aliphatic rings. The first-order valence-electron chi connectivity index (χ1n) is 8.55. The fourth-order valence-electron chi connectivity index (χ4n) is 3.06. The molecule has 150 valence electrons. The van der Waals surface area contributed by atoms with Crippen molar-refractivity contribution in [1.82, 2.24) is 20.6 Å². The van der Waals surface area contributed by atoms with Crippen LogP contribution in [0, 0.1) is 5.82 Å². The molecule has 1 aromatic carbocycles. The molecule has 1 aliphatic heterocycles. The van der Waals surface area contributed by atoms with Gasteiger partial charge in [0, 0.05) is 12.3 Å². The molecule has 0 radical (unpaired) electrons. The van der Waals surface area contributed by atoms with Gasteiger partial charge in [0.2, 0.25) is 5.91 Å². The van der Waals surface area contributed by atoms with Gasteiger partial charge in [-0.3, -0.25) is 10.1 Å². The molecule has 10 heteroatoms. The fourth-order valence-corrected chi connectivity index (χ4v) is 3.06. The van der Waals surface area contributed by atoms with Crippen LogP contribution < -0.4 is 15.4 Å². The fraction of sp³-hybridized carbons (Fsp3) is 0.389. The van der Waals surface area contributed by atoms with Crippen LogP contribution in [0.1, 0.15) is 49.2 Å². The molecule has 1 fully saturated rings. The minimum atomic E-state index is -4.97. The topological polar surface area (TPSA) is 76.1 Å². The Morgan fingerprint density at radius 1 is 1.25 bits per heavy atom. The van der Waals surface area contributed by atoms with Gasteiger partial charge < -0.3 is 10.1 Å². The highest BCUT2D eigenvalue weighted by Gasteiger charge is 2.32. The summed E-state index contributed by atoms with van der Waals surface area (Å²) in [5.41, 5.74) is 1.59. The normalized spacial score (nSPS) is 21.1. The summed E-state index contributed by atoms with van der Waals surface area (Å²) < 4.78 is 54.5. The van der Waals surface area contributed by atoms with E-state index in [9.17, 15) is 22.4 Å². The van der Waals surface area contributed by atoms with E-state index in [1.165, 1.54) is 12.4 Å². The van der Waals surface area contributed by atoms with Gasteiger partial charge in [0.15, 0.2) is 11.6 Å². The molecular weight excluding hydrogens is 380 g/mol. The second-order valence-electron chi connectivity index (χ2n) is 6.54. The van der Waals surface area contributed by atoms with Crippen LogP contribution in [-0.4, -0.2) is 28.4 Å². The Balaban J connectivity index is 1.82. The van der Waals surface area contributed by atoms with Crippen LogP contribution in [0.4, 0.5) is 17.6 Å². The van der Waals surface area contributed by atoms with Gasteiger partial charge in [-0.25, -0.2) is 14.4 Å². The van der Waals surface area contributed by atoms with Crippen LogP contribution in [0.15, 0.2) is 30.6 Å². The van der Waals surface area contributed by atoms with E-state index in [0.717, 1.165) is 12.1 Å². The molecule has 3 atom stereocenters. The number of alkyl halides is 3. The van der Waals surface area contributed by atoms with E-state index in [4.69, 9.17) is 0 Å². The predicted molar refractivity (Wildman–Crippen MR) is 90.7 cm³/mol. The maximum absolute atomic E-state index is 14.0. The van der Waals surface area contributed by atoms with Crippen molar-refractivity contribution in [2.45, 2.75) is 44.8 Å². The van der Waals surface area contributed by atoms with Crippen molar-refractivity contribution in [1.29, 1.82) is 0 Å². The van der Waals surface area contributed by atoms with Crippen molar-refractivity contribution in [3.05, 3.63) is 53.4 Å². The van der Waals surface area contributed by atoms with E-state index in [1.54, 1.807) is 13.0 Å². The van der Waals surface area contributed by atoms with Crippen LogP contribution in [0.2, 0.25) is 0 Å². The van der Waals surface area contributed by atoms with Crippen LogP contribution in [0.5, 0.6) is 5.75 Å². The van der Waals surface area contributed by atoms with Crippen molar-refractivity contribution < 1.29 is 27.1 Å². The molecule has 0 spiro atoms. The Kier molecular flexibility index (Phi) is 5.50. The number of benzene rings is 1. The molecule has 0 saturated carbocycles. The minimum Gasteiger partial charge on any atom is -0.403 e. The number of nitrogens with zero attached hydrogens (tertiary/aromatic N) is 2. The van der Waals surface area contributed by atoms with Gasteiger partial charge >= 0.3 is 6.36 Å². The third kappa shape index (κ3) is 4.75. The molecule has 2 N–H and O–H groups in total. The predicted octanol–water partition coefficient (Wildman–Crippen LogP) is 3.16. The molecule has 3 unspecified atom stereocenters. The summed E-state index contributed by atoms with van der Waals surface area (Å²) in [7, 11) is 0. The molecule has 0 bridgehead atoms. The van der Waals surface area contributed by atoms with E-state index in [-0.39, 0.29) is 24.5 Å². The largest absolute Gasteiger partial charge is 0.573 e. The van der Waals surface area contributed by atoms with Gasteiger partial charge in [0.25, 0.3) is 0 Å². The number of nitrogens with one attached hydrogen (secondary N) is 2. The first kappa shape index (κ1) is 20.0. The van der Waals surface area contributed by atoms with Gasteiger partial charge in [0.1, 0.15) is 6.33 Å². The Morgan fingerprint density at radius 3 is 2.64 bits per heavy atom. The van der Waals surface area contributed by atoms with Gasteiger partial charge in [0.05, 0.1) is 23.6 Å². The van der Waals surface area contributed by atoms with Crippen molar-refractivity contribution in [3.63, 3.8) is 0 Å². The molecule has 2 heterocycles. The van der Waals surface area contributed by atoms with E-state index in [2.05, 4.69) is 25.3 Å². The summed E-state index contributed by atoms with van der Waals surface area (Å²) >= 11 is 0. The number of hydrogen-bond donors (Lipinski definition) is 2. The molecular formula is C18H18F4N4O2. The molecule has 3 rings (SSSR count). The van der Waals surface area contributed by atoms with Gasteiger partial charge in [-0.05, 0) is 30.7 Å². The minimum absolute atomic E-state index is 0.105.